The highest BCUT2D eigenvalue weighted by Crippen LogP contribution is 2.26. The standard InChI is InChI=1S/C13H15F2NO2/c14-11-2-1-8(5-12(11)15)6-13(18)16-7-9-3-10(17)4-9/h1-2,5,9-10,17H,3-4,6-7H2,(H,16,18). The van der Waals surface area contributed by atoms with Crippen molar-refractivity contribution in [3.8, 4) is 0 Å². The Morgan fingerprint density at radius 2 is 2.06 bits per heavy atom. The third-order valence-corrected chi connectivity index (χ3v) is 3.15. The number of aliphatic hydroxyl groups excluding tert-OH is 1. The van der Waals surface area contributed by atoms with Crippen LogP contribution in [-0.2, 0) is 11.2 Å². The van der Waals surface area contributed by atoms with Gasteiger partial charge in [-0.3, -0.25) is 4.79 Å². The van der Waals surface area contributed by atoms with E-state index in [2.05, 4.69) is 5.32 Å². The van der Waals surface area contributed by atoms with E-state index in [-0.39, 0.29) is 18.4 Å². The van der Waals surface area contributed by atoms with Gasteiger partial charge in [0, 0.05) is 6.54 Å². The van der Waals surface area contributed by atoms with E-state index in [0.717, 1.165) is 12.1 Å². The molecule has 0 atom stereocenters. The van der Waals surface area contributed by atoms with Gasteiger partial charge in [-0.25, -0.2) is 8.78 Å². The Morgan fingerprint density at radius 1 is 1.33 bits per heavy atom. The van der Waals surface area contributed by atoms with E-state index in [4.69, 9.17) is 5.11 Å². The van der Waals surface area contributed by atoms with E-state index in [1.54, 1.807) is 0 Å². The van der Waals surface area contributed by atoms with Crippen molar-refractivity contribution in [2.24, 2.45) is 5.92 Å². The maximum atomic E-state index is 12.9. The van der Waals surface area contributed by atoms with Crippen LogP contribution in [-0.4, -0.2) is 23.7 Å². The highest BCUT2D eigenvalue weighted by atomic mass is 19.2. The summed E-state index contributed by atoms with van der Waals surface area (Å²) < 4.78 is 25.6. The molecule has 0 bridgehead atoms. The zero-order valence-electron chi connectivity index (χ0n) is 9.83. The van der Waals surface area contributed by atoms with Crippen molar-refractivity contribution in [2.45, 2.75) is 25.4 Å². The van der Waals surface area contributed by atoms with Crippen LogP contribution < -0.4 is 5.32 Å². The molecule has 0 aliphatic heterocycles. The zero-order valence-corrected chi connectivity index (χ0v) is 9.83. The van der Waals surface area contributed by atoms with Crippen molar-refractivity contribution in [1.29, 1.82) is 0 Å². The number of aliphatic hydroxyl groups is 1. The molecule has 98 valence electrons. The second-order valence-electron chi connectivity index (χ2n) is 4.72. The fraction of sp³-hybridized carbons (Fsp3) is 0.462. The van der Waals surface area contributed by atoms with Gasteiger partial charge in [0.15, 0.2) is 11.6 Å². The minimum absolute atomic E-state index is 0.0342. The van der Waals surface area contributed by atoms with Gasteiger partial charge in [0.2, 0.25) is 5.91 Å². The Hall–Kier alpha value is -1.49. The smallest absolute Gasteiger partial charge is 0.224 e. The van der Waals surface area contributed by atoms with Crippen molar-refractivity contribution >= 4 is 5.91 Å². The number of nitrogens with one attached hydrogen (secondary N) is 1. The van der Waals surface area contributed by atoms with Crippen LogP contribution in [0.25, 0.3) is 0 Å². The average Bonchev–Trinajstić information content (AvgIpc) is 2.28. The molecule has 0 saturated heterocycles. The molecule has 5 heteroatoms. The number of amides is 1. The third-order valence-electron chi connectivity index (χ3n) is 3.15. The molecular formula is C13H15F2NO2. The van der Waals surface area contributed by atoms with E-state index < -0.39 is 11.6 Å². The largest absolute Gasteiger partial charge is 0.393 e. The Bertz CT molecular complexity index is 445. The lowest BCUT2D eigenvalue weighted by Gasteiger charge is -2.31. The Labute approximate surface area is 104 Å². The summed E-state index contributed by atoms with van der Waals surface area (Å²) in [7, 11) is 0. The summed E-state index contributed by atoms with van der Waals surface area (Å²) in [6.07, 6.45) is 1.22. The molecule has 1 fully saturated rings. The molecule has 1 aliphatic carbocycles. The molecule has 1 saturated carbocycles. The first-order valence-electron chi connectivity index (χ1n) is 5.93. The van der Waals surface area contributed by atoms with Crippen molar-refractivity contribution in [1.82, 2.24) is 5.32 Å². The van der Waals surface area contributed by atoms with Crippen LogP contribution in [0.15, 0.2) is 18.2 Å². The molecular weight excluding hydrogens is 240 g/mol. The SMILES string of the molecule is O=C(Cc1ccc(F)c(F)c1)NCC1CC(O)C1. The van der Waals surface area contributed by atoms with Gasteiger partial charge in [-0.15, -0.1) is 0 Å². The summed E-state index contributed by atoms with van der Waals surface area (Å²) in [5.41, 5.74) is 0.444. The molecule has 1 aromatic carbocycles. The van der Waals surface area contributed by atoms with Gasteiger partial charge in [0.05, 0.1) is 12.5 Å². The average molecular weight is 255 g/mol. The molecule has 2 rings (SSSR count). The quantitative estimate of drug-likeness (QED) is 0.854. The second-order valence-corrected chi connectivity index (χ2v) is 4.72. The fourth-order valence-electron chi connectivity index (χ4n) is 2.02. The van der Waals surface area contributed by atoms with Gasteiger partial charge in [0.25, 0.3) is 0 Å². The molecule has 0 unspecified atom stereocenters. The van der Waals surface area contributed by atoms with Gasteiger partial charge in [0.1, 0.15) is 0 Å². The molecule has 0 aromatic heterocycles. The highest BCUT2D eigenvalue weighted by Gasteiger charge is 2.27. The number of hydrogen-bond acceptors (Lipinski definition) is 2. The predicted octanol–water partition coefficient (Wildman–Crippen LogP) is 1.39. The summed E-state index contributed by atoms with van der Waals surface area (Å²) in [5, 5.41) is 11.8. The lowest BCUT2D eigenvalue weighted by molar-refractivity contribution is -0.121. The molecule has 1 amide bonds. The van der Waals surface area contributed by atoms with Crippen LogP contribution >= 0.6 is 0 Å². The number of rotatable bonds is 4. The first kappa shape index (κ1) is 13.0. The third kappa shape index (κ3) is 3.26. The molecule has 1 aliphatic rings. The molecule has 1 aromatic rings. The van der Waals surface area contributed by atoms with Crippen LogP contribution in [0.4, 0.5) is 8.78 Å². The van der Waals surface area contributed by atoms with Crippen molar-refractivity contribution < 1.29 is 18.7 Å². The minimum Gasteiger partial charge on any atom is -0.393 e. The Morgan fingerprint density at radius 3 is 2.67 bits per heavy atom. The van der Waals surface area contributed by atoms with Gasteiger partial charge in [-0.05, 0) is 36.5 Å². The Kier molecular flexibility index (Phi) is 3.91. The van der Waals surface area contributed by atoms with Crippen molar-refractivity contribution in [3.05, 3.63) is 35.4 Å². The van der Waals surface area contributed by atoms with E-state index in [9.17, 15) is 13.6 Å². The summed E-state index contributed by atoms with van der Waals surface area (Å²) in [4.78, 5) is 11.5. The van der Waals surface area contributed by atoms with E-state index in [1.165, 1.54) is 6.07 Å². The van der Waals surface area contributed by atoms with Crippen molar-refractivity contribution in [3.63, 3.8) is 0 Å². The molecule has 0 heterocycles. The maximum absolute atomic E-state index is 12.9. The molecule has 0 radical (unpaired) electrons. The molecule has 3 nitrogen and oxygen atoms in total. The summed E-state index contributed by atoms with van der Waals surface area (Å²) in [5.74, 6) is -1.75. The Balaban J connectivity index is 1.78. The number of carbonyl (C=O) groups excluding carboxylic acids is 1. The summed E-state index contributed by atoms with van der Waals surface area (Å²) in [6.45, 7) is 0.527. The van der Waals surface area contributed by atoms with Gasteiger partial charge in [-0.2, -0.15) is 0 Å². The zero-order chi connectivity index (χ0) is 13.1. The molecule has 0 spiro atoms. The van der Waals surface area contributed by atoms with Gasteiger partial charge >= 0.3 is 0 Å². The van der Waals surface area contributed by atoms with Crippen molar-refractivity contribution in [2.75, 3.05) is 6.54 Å². The first-order valence-corrected chi connectivity index (χ1v) is 5.93. The normalized spacial score (nSPS) is 22.4. The lowest BCUT2D eigenvalue weighted by Crippen LogP contribution is -2.38. The van der Waals surface area contributed by atoms with E-state index in [1.807, 2.05) is 0 Å². The van der Waals surface area contributed by atoms with Crippen LogP contribution in [0.1, 0.15) is 18.4 Å². The molecule has 2 N–H and O–H groups in total. The number of hydrogen-bond donors (Lipinski definition) is 2. The fourth-order valence-corrected chi connectivity index (χ4v) is 2.02. The maximum Gasteiger partial charge on any atom is 0.224 e. The highest BCUT2D eigenvalue weighted by molar-refractivity contribution is 5.78. The topological polar surface area (TPSA) is 49.3 Å². The lowest BCUT2D eigenvalue weighted by atomic mass is 9.82. The van der Waals surface area contributed by atoms with Gasteiger partial charge < -0.3 is 10.4 Å². The minimum atomic E-state index is -0.942. The summed E-state index contributed by atoms with van der Waals surface area (Å²) >= 11 is 0. The second kappa shape index (κ2) is 5.44. The first-order chi connectivity index (χ1) is 8.54. The number of halogens is 2. The monoisotopic (exact) mass is 255 g/mol. The van der Waals surface area contributed by atoms with Crippen LogP contribution in [0.5, 0.6) is 0 Å². The molecule has 18 heavy (non-hydrogen) atoms. The van der Waals surface area contributed by atoms with E-state index >= 15 is 0 Å². The van der Waals surface area contributed by atoms with Gasteiger partial charge in [-0.1, -0.05) is 6.07 Å². The number of benzene rings is 1. The van der Waals surface area contributed by atoms with Crippen LogP contribution in [0, 0.1) is 17.6 Å². The number of carbonyl (C=O) groups is 1. The predicted molar refractivity (Wildman–Crippen MR) is 61.8 cm³/mol. The van der Waals surface area contributed by atoms with Crippen LogP contribution in [0.3, 0.4) is 0 Å². The summed E-state index contributed by atoms with van der Waals surface area (Å²) in [6, 6.07) is 3.44. The van der Waals surface area contributed by atoms with Crippen LogP contribution in [0.2, 0.25) is 0 Å². The van der Waals surface area contributed by atoms with E-state index in [0.29, 0.717) is 30.9 Å².